The number of benzene rings is 1. The fourth-order valence-corrected chi connectivity index (χ4v) is 1.51. The largest absolute Gasteiger partial charge is 0.351 e. The van der Waals surface area contributed by atoms with Crippen molar-refractivity contribution in [3.63, 3.8) is 0 Å². The van der Waals surface area contributed by atoms with Gasteiger partial charge in [0.25, 0.3) is 5.91 Å². The van der Waals surface area contributed by atoms with Crippen molar-refractivity contribution in [3.8, 4) is 0 Å². The third-order valence-corrected chi connectivity index (χ3v) is 2.37. The molecular weight excluding hydrogens is 235 g/mol. The summed E-state index contributed by atoms with van der Waals surface area (Å²) in [6, 6.07) is 6.11. The zero-order chi connectivity index (χ0) is 13.0. The number of carbonyl (C=O) groups is 1. The highest BCUT2D eigenvalue weighted by molar-refractivity contribution is 5.91. The summed E-state index contributed by atoms with van der Waals surface area (Å²) in [7, 11) is 0. The molecule has 0 bridgehead atoms. The molecule has 1 heterocycles. The van der Waals surface area contributed by atoms with Crippen molar-refractivity contribution in [2.24, 2.45) is 0 Å². The Morgan fingerprint density at radius 2 is 2.11 bits per heavy atom. The van der Waals surface area contributed by atoms with Crippen molar-refractivity contribution in [2.75, 3.05) is 6.54 Å². The summed E-state index contributed by atoms with van der Waals surface area (Å²) in [5, 5.41) is 10.3. The van der Waals surface area contributed by atoms with Gasteiger partial charge in [0.2, 0.25) is 0 Å². The first-order valence-corrected chi connectivity index (χ1v) is 5.62. The number of aromatic nitrogens is 3. The third kappa shape index (κ3) is 2.91. The lowest BCUT2D eigenvalue weighted by atomic mass is 10.2. The molecular formula is C12H13FN4O. The van der Waals surface area contributed by atoms with Crippen molar-refractivity contribution in [1.29, 1.82) is 0 Å². The predicted molar refractivity (Wildman–Crippen MR) is 63.5 cm³/mol. The molecule has 0 atom stereocenters. The van der Waals surface area contributed by atoms with Crippen molar-refractivity contribution in [2.45, 2.75) is 13.5 Å². The van der Waals surface area contributed by atoms with Gasteiger partial charge in [-0.15, -0.1) is 5.10 Å². The first kappa shape index (κ1) is 12.2. The number of halogens is 1. The van der Waals surface area contributed by atoms with Crippen LogP contribution in [0.3, 0.4) is 0 Å². The summed E-state index contributed by atoms with van der Waals surface area (Å²) in [5.41, 5.74) is 1.17. The number of hydrogen-bond donors (Lipinski definition) is 1. The highest BCUT2D eigenvalue weighted by Gasteiger charge is 2.09. The van der Waals surface area contributed by atoms with Crippen molar-refractivity contribution < 1.29 is 9.18 Å². The first-order valence-electron chi connectivity index (χ1n) is 5.62. The van der Waals surface area contributed by atoms with Crippen LogP contribution < -0.4 is 5.32 Å². The molecule has 1 N–H and O–H groups in total. The summed E-state index contributed by atoms with van der Waals surface area (Å²) in [6.07, 6.45) is 1.56. The summed E-state index contributed by atoms with van der Waals surface area (Å²) in [5.74, 6) is -0.525. The molecule has 0 radical (unpaired) electrons. The Hall–Kier alpha value is -2.24. The van der Waals surface area contributed by atoms with Crippen LogP contribution in [0.25, 0.3) is 0 Å². The van der Waals surface area contributed by atoms with E-state index in [2.05, 4.69) is 15.6 Å². The lowest BCUT2D eigenvalue weighted by molar-refractivity contribution is 0.0951. The molecule has 1 aromatic heterocycles. The lowest BCUT2D eigenvalue weighted by Crippen LogP contribution is -2.22. The third-order valence-electron chi connectivity index (χ3n) is 2.37. The fourth-order valence-electron chi connectivity index (χ4n) is 1.51. The Balaban J connectivity index is 2.06. The number of nitrogens with one attached hydrogen (secondary N) is 1. The van der Waals surface area contributed by atoms with E-state index in [1.54, 1.807) is 18.3 Å². The normalized spacial score (nSPS) is 10.3. The Labute approximate surface area is 104 Å². The van der Waals surface area contributed by atoms with Gasteiger partial charge < -0.3 is 5.32 Å². The van der Waals surface area contributed by atoms with E-state index < -0.39 is 0 Å². The topological polar surface area (TPSA) is 59.8 Å². The van der Waals surface area contributed by atoms with E-state index in [0.29, 0.717) is 13.1 Å². The Kier molecular flexibility index (Phi) is 3.66. The van der Waals surface area contributed by atoms with E-state index in [9.17, 15) is 9.18 Å². The van der Waals surface area contributed by atoms with E-state index in [4.69, 9.17) is 0 Å². The molecule has 2 aromatic rings. The van der Waals surface area contributed by atoms with Crippen LogP contribution in [0.1, 0.15) is 23.0 Å². The molecule has 0 unspecified atom stereocenters. The van der Waals surface area contributed by atoms with Crippen LogP contribution in [-0.2, 0) is 6.54 Å². The highest BCUT2D eigenvalue weighted by atomic mass is 19.1. The second kappa shape index (κ2) is 5.39. The maximum Gasteiger partial charge on any atom is 0.273 e. The molecule has 94 valence electrons. The van der Waals surface area contributed by atoms with Crippen molar-refractivity contribution in [3.05, 3.63) is 47.5 Å². The molecule has 5 nitrogen and oxygen atoms in total. The summed E-state index contributed by atoms with van der Waals surface area (Å²) >= 11 is 0. The Morgan fingerprint density at radius 1 is 1.39 bits per heavy atom. The fraction of sp³-hybridized carbons (Fsp3) is 0.250. The van der Waals surface area contributed by atoms with Gasteiger partial charge in [-0.05, 0) is 24.6 Å². The molecule has 0 saturated heterocycles. The van der Waals surface area contributed by atoms with Crippen LogP contribution in [0, 0.1) is 5.82 Å². The monoisotopic (exact) mass is 248 g/mol. The summed E-state index contributed by atoms with van der Waals surface area (Å²) < 4.78 is 14.3. The maximum atomic E-state index is 12.7. The van der Waals surface area contributed by atoms with Gasteiger partial charge in [0.15, 0.2) is 5.69 Å². The summed E-state index contributed by atoms with van der Waals surface area (Å²) in [4.78, 5) is 11.5. The smallest absolute Gasteiger partial charge is 0.273 e. The predicted octanol–water partition coefficient (Wildman–Crippen LogP) is 1.22. The quantitative estimate of drug-likeness (QED) is 0.884. The molecule has 1 aromatic carbocycles. The van der Waals surface area contributed by atoms with E-state index in [-0.39, 0.29) is 17.4 Å². The molecule has 2 rings (SSSR count). The van der Waals surface area contributed by atoms with Gasteiger partial charge in [-0.25, -0.2) is 9.07 Å². The summed E-state index contributed by atoms with van der Waals surface area (Å²) in [6.45, 7) is 2.83. The van der Waals surface area contributed by atoms with Crippen LogP contribution in [-0.4, -0.2) is 27.4 Å². The molecule has 1 amide bonds. The zero-order valence-electron chi connectivity index (χ0n) is 9.93. The first-order chi connectivity index (χ1) is 8.69. The Morgan fingerprint density at radius 3 is 2.78 bits per heavy atom. The number of amides is 1. The molecule has 0 saturated carbocycles. The van der Waals surface area contributed by atoms with Crippen molar-refractivity contribution in [1.82, 2.24) is 20.3 Å². The van der Waals surface area contributed by atoms with Gasteiger partial charge in [0.1, 0.15) is 5.82 Å². The number of nitrogens with zero attached hydrogens (tertiary/aromatic N) is 3. The van der Waals surface area contributed by atoms with E-state index >= 15 is 0 Å². The molecule has 0 aliphatic heterocycles. The molecule has 0 aliphatic rings. The van der Waals surface area contributed by atoms with E-state index in [1.165, 1.54) is 16.8 Å². The number of hydrogen-bond acceptors (Lipinski definition) is 3. The maximum absolute atomic E-state index is 12.7. The molecule has 18 heavy (non-hydrogen) atoms. The van der Waals surface area contributed by atoms with Crippen LogP contribution >= 0.6 is 0 Å². The van der Waals surface area contributed by atoms with Gasteiger partial charge in [-0.2, -0.15) is 0 Å². The Bertz CT molecular complexity index is 535. The lowest BCUT2D eigenvalue weighted by Gasteiger charge is -2.00. The van der Waals surface area contributed by atoms with Crippen LogP contribution in [0.2, 0.25) is 0 Å². The second-order valence-corrected chi connectivity index (χ2v) is 3.79. The number of carbonyl (C=O) groups excluding carboxylic acids is 1. The van der Waals surface area contributed by atoms with E-state index in [1.807, 2.05) is 6.92 Å². The SMILES string of the molecule is CCNC(=O)c1cn(Cc2ccc(F)cc2)nn1. The van der Waals surface area contributed by atoms with Gasteiger partial charge in [0, 0.05) is 6.54 Å². The minimum Gasteiger partial charge on any atom is -0.351 e. The minimum absolute atomic E-state index is 0.247. The number of rotatable bonds is 4. The molecule has 0 spiro atoms. The molecule has 6 heteroatoms. The van der Waals surface area contributed by atoms with Crippen LogP contribution in [0.4, 0.5) is 4.39 Å². The highest BCUT2D eigenvalue weighted by Crippen LogP contribution is 2.05. The molecule has 0 aliphatic carbocycles. The van der Waals surface area contributed by atoms with Crippen LogP contribution in [0.15, 0.2) is 30.5 Å². The average Bonchev–Trinajstić information content (AvgIpc) is 2.81. The standard InChI is InChI=1S/C12H13FN4O/c1-2-14-12(18)11-8-17(16-15-11)7-9-3-5-10(13)6-4-9/h3-6,8H,2,7H2,1H3,(H,14,18). The van der Waals surface area contributed by atoms with Gasteiger partial charge in [0.05, 0.1) is 12.7 Å². The van der Waals surface area contributed by atoms with Gasteiger partial charge in [-0.1, -0.05) is 17.3 Å². The van der Waals surface area contributed by atoms with E-state index in [0.717, 1.165) is 5.56 Å². The average molecular weight is 248 g/mol. The van der Waals surface area contributed by atoms with Crippen LogP contribution in [0.5, 0.6) is 0 Å². The zero-order valence-corrected chi connectivity index (χ0v) is 9.93. The minimum atomic E-state index is -0.277. The molecule has 0 fully saturated rings. The van der Waals surface area contributed by atoms with Gasteiger partial charge in [-0.3, -0.25) is 4.79 Å². The van der Waals surface area contributed by atoms with Crippen molar-refractivity contribution >= 4 is 5.91 Å². The van der Waals surface area contributed by atoms with Gasteiger partial charge >= 0.3 is 0 Å². The second-order valence-electron chi connectivity index (χ2n) is 3.79.